The zero-order chi connectivity index (χ0) is 14.0. The number of rotatable bonds is 4. The number of benzene rings is 1. The molecule has 106 valence electrons. The van der Waals surface area contributed by atoms with E-state index in [0.29, 0.717) is 5.92 Å². The normalized spacial score (nSPS) is 24.0. The first-order valence-electron chi connectivity index (χ1n) is 6.67. The van der Waals surface area contributed by atoms with Gasteiger partial charge in [-0.3, -0.25) is 0 Å². The largest absolute Gasteiger partial charge is 0.214 e. The molecule has 0 amide bonds. The summed E-state index contributed by atoms with van der Waals surface area (Å²) in [5, 5.41) is -0.376. The van der Waals surface area contributed by atoms with E-state index in [-0.39, 0.29) is 11.3 Å². The van der Waals surface area contributed by atoms with Crippen LogP contribution >= 0.6 is 15.9 Å². The quantitative estimate of drug-likeness (QED) is 0.908. The molecule has 1 aliphatic rings. The van der Waals surface area contributed by atoms with Gasteiger partial charge >= 0.3 is 0 Å². The first-order valence-corrected chi connectivity index (χ1v) is 9.00. The van der Waals surface area contributed by atoms with E-state index in [1.807, 2.05) is 12.1 Å². The Bertz CT molecular complexity index is 525. The highest BCUT2D eigenvalue weighted by Crippen LogP contribution is 2.35. The highest BCUT2D eigenvalue weighted by molar-refractivity contribution is 9.10. The molecule has 0 radical (unpaired) electrons. The maximum Gasteiger partial charge on any atom is 0.214 e. The van der Waals surface area contributed by atoms with Crippen LogP contribution in [0.1, 0.15) is 44.6 Å². The third-order valence-corrected chi connectivity index (χ3v) is 6.15. The van der Waals surface area contributed by atoms with Crippen molar-refractivity contribution < 1.29 is 8.42 Å². The summed E-state index contributed by atoms with van der Waals surface area (Å²) in [7, 11) is -3.19. The molecule has 5 heteroatoms. The number of halogens is 1. The van der Waals surface area contributed by atoms with Gasteiger partial charge in [0.2, 0.25) is 10.0 Å². The van der Waals surface area contributed by atoms with Gasteiger partial charge in [0, 0.05) is 16.4 Å². The van der Waals surface area contributed by atoms with Crippen molar-refractivity contribution in [2.24, 2.45) is 0 Å². The van der Waals surface area contributed by atoms with Gasteiger partial charge in [0.15, 0.2) is 0 Å². The molecule has 2 rings (SSSR count). The van der Waals surface area contributed by atoms with Crippen molar-refractivity contribution in [3.05, 3.63) is 34.3 Å². The van der Waals surface area contributed by atoms with Crippen LogP contribution in [0.5, 0.6) is 0 Å². The van der Waals surface area contributed by atoms with Crippen molar-refractivity contribution in [3.63, 3.8) is 0 Å². The smallest absolute Gasteiger partial charge is 0.212 e. The second-order valence-electron chi connectivity index (χ2n) is 5.41. The molecule has 19 heavy (non-hydrogen) atoms. The predicted octanol–water partition coefficient (Wildman–Crippen LogP) is 3.41. The first-order chi connectivity index (χ1) is 8.90. The molecule has 1 aromatic carbocycles. The van der Waals surface area contributed by atoms with Gasteiger partial charge in [0.25, 0.3) is 0 Å². The molecule has 0 unspecified atom stereocenters. The summed E-state index contributed by atoms with van der Waals surface area (Å²) in [4.78, 5) is 0. The van der Waals surface area contributed by atoms with E-state index in [2.05, 4.69) is 32.8 Å². The van der Waals surface area contributed by atoms with E-state index in [4.69, 9.17) is 0 Å². The molecule has 1 fully saturated rings. The van der Waals surface area contributed by atoms with Crippen LogP contribution in [0, 0.1) is 0 Å². The lowest BCUT2D eigenvalue weighted by molar-refractivity contribution is 0.519. The van der Waals surface area contributed by atoms with Crippen LogP contribution in [-0.2, 0) is 10.0 Å². The molecule has 0 heterocycles. The molecule has 0 saturated heterocycles. The Morgan fingerprint density at radius 2 is 1.84 bits per heavy atom. The van der Waals surface area contributed by atoms with Gasteiger partial charge in [-0.25, -0.2) is 13.1 Å². The molecule has 2 atom stereocenters. The minimum Gasteiger partial charge on any atom is -0.212 e. The second-order valence-corrected chi connectivity index (χ2v) is 8.59. The first kappa shape index (κ1) is 15.0. The van der Waals surface area contributed by atoms with Crippen LogP contribution in [0.3, 0.4) is 0 Å². The highest BCUT2D eigenvalue weighted by atomic mass is 79.9. The van der Waals surface area contributed by atoms with Crippen LogP contribution in [0.15, 0.2) is 28.7 Å². The summed E-state index contributed by atoms with van der Waals surface area (Å²) in [5.74, 6) is 0.293. The zero-order valence-electron chi connectivity index (χ0n) is 11.3. The monoisotopic (exact) mass is 345 g/mol. The van der Waals surface area contributed by atoms with E-state index >= 15 is 0 Å². The van der Waals surface area contributed by atoms with E-state index in [0.717, 1.165) is 23.7 Å². The minimum atomic E-state index is -3.19. The number of hydrogen-bond acceptors (Lipinski definition) is 2. The fourth-order valence-corrected chi connectivity index (χ4v) is 3.80. The number of sulfonamides is 1. The topological polar surface area (TPSA) is 46.2 Å². The molecule has 1 aromatic rings. The molecule has 1 saturated carbocycles. The van der Waals surface area contributed by atoms with E-state index < -0.39 is 10.0 Å². The summed E-state index contributed by atoms with van der Waals surface area (Å²) in [6, 6.07) is 8.23. The summed E-state index contributed by atoms with van der Waals surface area (Å²) < 4.78 is 27.9. The van der Waals surface area contributed by atoms with Crippen molar-refractivity contribution >= 4 is 26.0 Å². The average Bonchev–Trinajstić information content (AvgIpc) is 2.77. The molecular formula is C14H20BrNO2S. The van der Waals surface area contributed by atoms with Crippen LogP contribution in [-0.4, -0.2) is 19.7 Å². The summed E-state index contributed by atoms with van der Waals surface area (Å²) in [6.07, 6.45) is 3.05. The van der Waals surface area contributed by atoms with Gasteiger partial charge in [0.05, 0.1) is 5.25 Å². The van der Waals surface area contributed by atoms with Crippen molar-refractivity contribution in [2.45, 2.75) is 50.3 Å². The second kappa shape index (κ2) is 5.94. The maximum absolute atomic E-state index is 12.0. The Morgan fingerprint density at radius 1 is 1.21 bits per heavy atom. The van der Waals surface area contributed by atoms with Crippen molar-refractivity contribution in [1.82, 2.24) is 4.72 Å². The molecule has 1 N–H and O–H groups in total. The summed E-state index contributed by atoms with van der Waals surface area (Å²) >= 11 is 3.43. The SMILES string of the molecule is CC(C)S(=O)(=O)N[C@@H]1CCC[C@H]1c1ccc(Br)cc1. The zero-order valence-corrected chi connectivity index (χ0v) is 13.7. The van der Waals surface area contributed by atoms with Gasteiger partial charge in [0.1, 0.15) is 0 Å². The Kier molecular flexibility index (Phi) is 4.69. The minimum absolute atomic E-state index is 0.0357. The number of hydrogen-bond donors (Lipinski definition) is 1. The molecular weight excluding hydrogens is 326 g/mol. The standard InChI is InChI=1S/C14H20BrNO2S/c1-10(2)19(17,18)16-14-5-3-4-13(14)11-6-8-12(15)9-7-11/h6-10,13-14,16H,3-5H2,1-2H3/t13-,14+/m0/s1. The Labute approximate surface area is 124 Å². The molecule has 3 nitrogen and oxygen atoms in total. The van der Waals surface area contributed by atoms with Crippen LogP contribution < -0.4 is 4.72 Å². The van der Waals surface area contributed by atoms with Gasteiger partial charge in [-0.2, -0.15) is 0 Å². The molecule has 0 aromatic heterocycles. The van der Waals surface area contributed by atoms with Gasteiger partial charge in [-0.05, 0) is 44.4 Å². The Balaban J connectivity index is 2.15. The lowest BCUT2D eigenvalue weighted by Gasteiger charge is -2.22. The maximum atomic E-state index is 12.0. The molecule has 0 bridgehead atoms. The van der Waals surface area contributed by atoms with Gasteiger partial charge in [-0.1, -0.05) is 34.5 Å². The van der Waals surface area contributed by atoms with Crippen molar-refractivity contribution in [2.75, 3.05) is 0 Å². The lowest BCUT2D eigenvalue weighted by Crippen LogP contribution is -2.40. The predicted molar refractivity (Wildman–Crippen MR) is 81.7 cm³/mol. The van der Waals surface area contributed by atoms with E-state index in [1.165, 1.54) is 5.56 Å². The number of nitrogens with one attached hydrogen (secondary N) is 1. The fraction of sp³-hybridized carbons (Fsp3) is 0.571. The van der Waals surface area contributed by atoms with Crippen LogP contribution in [0.4, 0.5) is 0 Å². The Hall–Kier alpha value is -0.390. The molecule has 1 aliphatic carbocycles. The third-order valence-electron chi connectivity index (χ3n) is 3.75. The Morgan fingerprint density at radius 3 is 2.42 bits per heavy atom. The molecule has 0 aliphatic heterocycles. The van der Waals surface area contributed by atoms with Crippen LogP contribution in [0.25, 0.3) is 0 Å². The highest BCUT2D eigenvalue weighted by Gasteiger charge is 2.32. The van der Waals surface area contributed by atoms with Crippen molar-refractivity contribution in [3.8, 4) is 0 Å². The summed E-state index contributed by atoms with van der Waals surface area (Å²) in [6.45, 7) is 3.43. The fourth-order valence-electron chi connectivity index (χ4n) is 2.56. The van der Waals surface area contributed by atoms with E-state index in [1.54, 1.807) is 13.8 Å². The van der Waals surface area contributed by atoms with Crippen molar-refractivity contribution in [1.29, 1.82) is 0 Å². The van der Waals surface area contributed by atoms with Gasteiger partial charge < -0.3 is 0 Å². The van der Waals surface area contributed by atoms with Gasteiger partial charge in [-0.15, -0.1) is 0 Å². The summed E-state index contributed by atoms with van der Waals surface area (Å²) in [5.41, 5.74) is 1.22. The third kappa shape index (κ3) is 3.58. The molecule has 0 spiro atoms. The van der Waals surface area contributed by atoms with E-state index in [9.17, 15) is 8.42 Å². The lowest BCUT2D eigenvalue weighted by atomic mass is 9.95. The van der Waals surface area contributed by atoms with Crippen LogP contribution in [0.2, 0.25) is 0 Å². The average molecular weight is 346 g/mol.